The molecule has 0 saturated carbocycles. The molecule has 19 nitrogen and oxygen atoms in total. The maximum atomic E-state index is 12.3. The van der Waals surface area contributed by atoms with Gasteiger partial charge in [0.2, 0.25) is 0 Å². The average molecular weight is 850 g/mol. The van der Waals surface area contributed by atoms with Gasteiger partial charge in [-0.1, -0.05) is 62.4 Å². The van der Waals surface area contributed by atoms with Gasteiger partial charge in [-0.05, 0) is 29.3 Å². The fourth-order valence-corrected chi connectivity index (χ4v) is 7.66. The molecule has 2 aromatic rings. The van der Waals surface area contributed by atoms with Crippen LogP contribution in [-0.4, -0.2) is 137 Å². The largest absolute Gasteiger partial charge is 0.463 e. The Bertz CT molecular complexity index is 1830. The molecule has 1 aliphatic carbocycles. The Hall–Kier alpha value is -4.12. The number of hydrogen-bond donors (Lipinski definition) is 3. The molecule has 59 heavy (non-hydrogen) atoms. The minimum absolute atomic E-state index is 0.0466. The molecule has 3 heterocycles. The highest BCUT2D eigenvalue weighted by Crippen LogP contribution is 2.39. The van der Waals surface area contributed by atoms with Crippen molar-refractivity contribution in [2.75, 3.05) is 13.2 Å². The molecule has 326 valence electrons. The highest BCUT2D eigenvalue weighted by molar-refractivity contribution is 6.74. The first-order chi connectivity index (χ1) is 27.7. The molecule has 1 aromatic heterocycles. The second-order valence-electron chi connectivity index (χ2n) is 16.2. The number of aliphatic hydroxyl groups excluding tert-OH is 3. The van der Waals surface area contributed by atoms with Crippen molar-refractivity contribution < 1.29 is 76.8 Å². The van der Waals surface area contributed by atoms with E-state index < -0.39 is 112 Å². The topological polar surface area (TPSA) is 243 Å². The second-order valence-corrected chi connectivity index (χ2v) is 21.0. The van der Waals surface area contributed by atoms with Crippen LogP contribution in [-0.2, 0) is 68.1 Å². The standard InChI is InChI=1S/C39H55N3O16Si/c1-20(43)50-18-29-33(53-21(2)44)35(54-22(3)45)36(55-23(4)46)37(57-29)42-16-25(40-41-42)17-51-38-32(49)34(31(48)28(58-38)19-52-59(8,9)39(5,6)7)56-27-15-14-24-12-10-11-13-26(24)30(27)47/h10-16,27-38,47-49H,17-19H2,1-9H3/t27-,28-,29-,30-,31-,32+,33+,34+,35+,36-,37-,38+/m1/s1. The minimum atomic E-state index is -2.34. The van der Waals surface area contributed by atoms with Crippen LogP contribution in [0.1, 0.15) is 77.6 Å². The summed E-state index contributed by atoms with van der Waals surface area (Å²) in [5.41, 5.74) is 1.60. The normalized spacial score (nSPS) is 30.8. The maximum absolute atomic E-state index is 12.3. The van der Waals surface area contributed by atoms with Gasteiger partial charge in [-0.15, -0.1) is 5.10 Å². The smallest absolute Gasteiger partial charge is 0.303 e. The van der Waals surface area contributed by atoms with Crippen LogP contribution in [0.4, 0.5) is 0 Å². The van der Waals surface area contributed by atoms with Gasteiger partial charge in [0.05, 0.1) is 19.4 Å². The van der Waals surface area contributed by atoms with Crippen molar-refractivity contribution in [3.8, 4) is 0 Å². The average Bonchev–Trinajstić information content (AvgIpc) is 3.62. The molecule has 2 aliphatic heterocycles. The molecular formula is C39H55N3O16Si. The van der Waals surface area contributed by atoms with Crippen molar-refractivity contribution in [1.29, 1.82) is 0 Å². The lowest BCUT2D eigenvalue weighted by Crippen LogP contribution is -2.61. The molecule has 0 unspecified atom stereocenters. The fraction of sp³-hybridized carbons (Fsp3) is 0.641. The number of benzene rings is 1. The van der Waals surface area contributed by atoms with Gasteiger partial charge in [0.1, 0.15) is 55.0 Å². The maximum Gasteiger partial charge on any atom is 0.303 e. The van der Waals surface area contributed by atoms with E-state index in [0.717, 1.165) is 37.9 Å². The van der Waals surface area contributed by atoms with Gasteiger partial charge in [-0.3, -0.25) is 19.2 Å². The molecule has 2 saturated heterocycles. The van der Waals surface area contributed by atoms with E-state index in [9.17, 15) is 34.5 Å². The number of aliphatic hydroxyl groups is 3. The lowest BCUT2D eigenvalue weighted by Gasteiger charge is -2.45. The van der Waals surface area contributed by atoms with Crippen LogP contribution in [0, 0.1) is 0 Å². The minimum Gasteiger partial charge on any atom is -0.463 e. The zero-order valence-corrected chi connectivity index (χ0v) is 35.6. The van der Waals surface area contributed by atoms with Gasteiger partial charge in [-0.25, -0.2) is 4.68 Å². The highest BCUT2D eigenvalue weighted by atomic mass is 28.4. The number of rotatable bonds is 14. The fourth-order valence-electron chi connectivity index (χ4n) is 6.65. The number of carbonyl (C=O) groups excluding carboxylic acids is 4. The Kier molecular flexibility index (Phi) is 14.9. The van der Waals surface area contributed by atoms with E-state index in [1.807, 2.05) is 12.1 Å². The van der Waals surface area contributed by atoms with E-state index in [1.54, 1.807) is 24.3 Å². The van der Waals surface area contributed by atoms with Crippen LogP contribution in [0.2, 0.25) is 18.1 Å². The van der Waals surface area contributed by atoms with E-state index in [-0.39, 0.29) is 23.9 Å². The zero-order chi connectivity index (χ0) is 43.4. The van der Waals surface area contributed by atoms with Crippen LogP contribution < -0.4 is 0 Å². The van der Waals surface area contributed by atoms with E-state index in [2.05, 4.69) is 44.2 Å². The van der Waals surface area contributed by atoms with Gasteiger partial charge in [0.15, 0.2) is 39.1 Å². The number of ether oxygens (including phenoxy) is 8. The molecule has 2 fully saturated rings. The Morgan fingerprint density at radius 1 is 0.814 bits per heavy atom. The van der Waals surface area contributed by atoms with Crippen LogP contribution in [0.5, 0.6) is 0 Å². The van der Waals surface area contributed by atoms with Gasteiger partial charge in [0.25, 0.3) is 0 Å². The Morgan fingerprint density at radius 2 is 1.46 bits per heavy atom. The van der Waals surface area contributed by atoms with E-state index in [4.69, 9.17) is 42.3 Å². The van der Waals surface area contributed by atoms with Gasteiger partial charge in [0, 0.05) is 27.7 Å². The molecule has 12 atom stereocenters. The number of esters is 4. The van der Waals surface area contributed by atoms with Crippen molar-refractivity contribution in [1.82, 2.24) is 15.0 Å². The Labute approximate surface area is 342 Å². The number of nitrogens with zero attached hydrogens (tertiary/aromatic N) is 3. The summed E-state index contributed by atoms with van der Waals surface area (Å²) in [5, 5.41) is 42.5. The number of aromatic nitrogens is 3. The van der Waals surface area contributed by atoms with Crippen LogP contribution in [0.25, 0.3) is 6.08 Å². The van der Waals surface area contributed by atoms with Crippen molar-refractivity contribution in [3.05, 3.63) is 53.4 Å². The second kappa shape index (κ2) is 19.1. The van der Waals surface area contributed by atoms with E-state index in [1.165, 1.54) is 6.20 Å². The number of carbonyl (C=O) groups is 4. The highest BCUT2D eigenvalue weighted by Gasteiger charge is 2.54. The molecule has 0 amide bonds. The summed E-state index contributed by atoms with van der Waals surface area (Å²) >= 11 is 0. The molecule has 0 radical (unpaired) electrons. The van der Waals surface area contributed by atoms with Crippen molar-refractivity contribution in [3.63, 3.8) is 0 Å². The lowest BCUT2D eigenvalue weighted by atomic mass is 9.92. The molecule has 3 N–H and O–H groups in total. The van der Waals surface area contributed by atoms with E-state index in [0.29, 0.717) is 5.56 Å². The quantitative estimate of drug-likeness (QED) is 0.140. The summed E-state index contributed by atoms with van der Waals surface area (Å²) in [6, 6.07) is 7.27. The summed E-state index contributed by atoms with van der Waals surface area (Å²) in [4.78, 5) is 48.5. The summed E-state index contributed by atoms with van der Waals surface area (Å²) < 4.78 is 53.8. The zero-order valence-electron chi connectivity index (χ0n) is 34.6. The molecule has 0 spiro atoms. The number of hydrogen-bond acceptors (Lipinski definition) is 18. The van der Waals surface area contributed by atoms with Crippen LogP contribution in [0.3, 0.4) is 0 Å². The lowest BCUT2D eigenvalue weighted by molar-refractivity contribution is -0.315. The number of fused-ring (bicyclic) bond motifs is 1. The van der Waals surface area contributed by atoms with Crippen LogP contribution in [0.15, 0.2) is 36.5 Å². The summed E-state index contributed by atoms with van der Waals surface area (Å²) in [6.07, 6.45) is -10.7. The van der Waals surface area contributed by atoms with E-state index >= 15 is 0 Å². The third-order valence-electron chi connectivity index (χ3n) is 10.6. The van der Waals surface area contributed by atoms with Gasteiger partial charge in [-0.2, -0.15) is 0 Å². The van der Waals surface area contributed by atoms with Gasteiger partial charge >= 0.3 is 23.9 Å². The first kappa shape index (κ1) is 46.0. The Balaban J connectivity index is 1.39. The molecule has 20 heteroatoms. The molecule has 1 aromatic carbocycles. The van der Waals surface area contributed by atoms with Crippen molar-refractivity contribution in [2.24, 2.45) is 0 Å². The first-order valence-electron chi connectivity index (χ1n) is 19.3. The molecule has 0 bridgehead atoms. The predicted molar refractivity (Wildman–Crippen MR) is 205 cm³/mol. The third kappa shape index (κ3) is 11.2. The predicted octanol–water partition coefficient (Wildman–Crippen LogP) is 2.03. The first-order valence-corrected chi connectivity index (χ1v) is 22.2. The summed E-state index contributed by atoms with van der Waals surface area (Å²) in [6.45, 7) is 14.0. The summed E-state index contributed by atoms with van der Waals surface area (Å²) in [7, 11) is -2.34. The molecule has 5 rings (SSSR count). The summed E-state index contributed by atoms with van der Waals surface area (Å²) in [5.74, 6) is -3.04. The van der Waals surface area contributed by atoms with Gasteiger partial charge < -0.3 is 57.6 Å². The monoisotopic (exact) mass is 849 g/mol. The third-order valence-corrected chi connectivity index (χ3v) is 15.1. The van der Waals surface area contributed by atoms with Crippen molar-refractivity contribution >= 4 is 38.3 Å². The Morgan fingerprint density at radius 3 is 2.10 bits per heavy atom. The molecule has 3 aliphatic rings. The SMILES string of the molecule is CC(=O)OC[C@H]1O[C@@H](n2cc(CO[C@H]3O[C@H](CO[Si](C)(C)C(C)(C)C)[C@@H](O)[C@H](O[C@@H]4C=Cc5ccccc5[C@H]4O)[C@@H]3O)nn2)[C@H](OC(C)=O)[C@@H](OC(C)=O)[C@H]1OC(C)=O. The van der Waals surface area contributed by atoms with Crippen molar-refractivity contribution in [2.45, 2.75) is 147 Å². The van der Waals surface area contributed by atoms with Crippen LogP contribution >= 0.6 is 0 Å². The molecular weight excluding hydrogens is 795 g/mol.